The van der Waals surface area contributed by atoms with Crippen LogP contribution < -0.4 is 0 Å². The van der Waals surface area contributed by atoms with Gasteiger partial charge in [0.2, 0.25) is 5.28 Å². The first kappa shape index (κ1) is 16.0. The van der Waals surface area contributed by atoms with Gasteiger partial charge >= 0.3 is 11.9 Å². The average molecular weight is 289 g/mol. The summed E-state index contributed by atoms with van der Waals surface area (Å²) in [7, 11) is 0. The number of carboxylic acids is 1. The zero-order valence-corrected chi connectivity index (χ0v) is 11.9. The van der Waals surface area contributed by atoms with E-state index in [0.717, 1.165) is 5.01 Å². The van der Waals surface area contributed by atoms with E-state index in [2.05, 4.69) is 5.28 Å². The first-order valence-electron chi connectivity index (χ1n) is 6.17. The third-order valence-electron chi connectivity index (χ3n) is 2.65. The molecule has 1 fully saturated rings. The summed E-state index contributed by atoms with van der Waals surface area (Å²) in [5.74, 6) is -1.59. The van der Waals surface area contributed by atoms with Gasteiger partial charge < -0.3 is 15.1 Å². The molecule has 0 spiro atoms. The second kappa shape index (κ2) is 5.93. The van der Waals surface area contributed by atoms with Gasteiger partial charge in [-0.2, -0.15) is 0 Å². The molecule has 0 amide bonds. The van der Waals surface area contributed by atoms with Crippen LogP contribution in [0.25, 0.3) is 0 Å². The number of aliphatic carboxylic acids is 1. The van der Waals surface area contributed by atoms with Gasteiger partial charge in [0.05, 0.1) is 16.9 Å². The molecule has 1 heterocycles. The van der Waals surface area contributed by atoms with Crippen LogP contribution in [-0.2, 0) is 19.2 Å². The van der Waals surface area contributed by atoms with Crippen molar-refractivity contribution >= 4 is 11.9 Å². The SMILES string of the molecule is CC(ON=[N+]([O-])N1CC[C@H]1C(=O)O)OC(=O)C(C)(C)C. The Morgan fingerprint density at radius 1 is 1.50 bits per heavy atom. The van der Waals surface area contributed by atoms with Crippen molar-refractivity contribution in [2.45, 2.75) is 46.4 Å². The minimum atomic E-state index is -1.10. The lowest BCUT2D eigenvalue weighted by Crippen LogP contribution is -2.55. The highest BCUT2D eigenvalue weighted by atomic mass is 16.8. The van der Waals surface area contributed by atoms with Crippen LogP contribution in [0.1, 0.15) is 34.1 Å². The van der Waals surface area contributed by atoms with E-state index < -0.39 is 29.7 Å². The number of hydrogen-bond donors (Lipinski definition) is 1. The van der Waals surface area contributed by atoms with Crippen LogP contribution in [0.5, 0.6) is 0 Å². The lowest BCUT2D eigenvalue weighted by atomic mass is 9.97. The molecule has 1 aliphatic rings. The van der Waals surface area contributed by atoms with Gasteiger partial charge in [-0.3, -0.25) is 9.63 Å². The predicted molar refractivity (Wildman–Crippen MR) is 64.9 cm³/mol. The number of rotatable bonds is 5. The van der Waals surface area contributed by atoms with E-state index in [-0.39, 0.29) is 11.5 Å². The van der Waals surface area contributed by atoms with Crippen molar-refractivity contribution in [2.75, 3.05) is 6.54 Å². The summed E-state index contributed by atoms with van der Waals surface area (Å²) < 4.78 is 4.92. The van der Waals surface area contributed by atoms with Gasteiger partial charge in [-0.25, -0.2) is 4.79 Å². The quantitative estimate of drug-likeness (QED) is 0.263. The molecule has 1 N–H and O–H groups in total. The molecule has 1 saturated heterocycles. The maximum Gasteiger partial charge on any atom is 0.332 e. The van der Waals surface area contributed by atoms with E-state index in [9.17, 15) is 14.8 Å². The number of hydrazine groups is 1. The fourth-order valence-electron chi connectivity index (χ4n) is 1.33. The molecular weight excluding hydrogens is 270 g/mol. The highest BCUT2D eigenvalue weighted by Gasteiger charge is 2.41. The smallest absolute Gasteiger partial charge is 0.332 e. The Balaban J connectivity index is 2.47. The first-order valence-corrected chi connectivity index (χ1v) is 6.17. The molecule has 0 radical (unpaired) electrons. The maximum absolute atomic E-state index is 11.5. The number of carboxylic acid groups (broad SMARTS) is 1. The van der Waals surface area contributed by atoms with Gasteiger partial charge in [0.15, 0.2) is 6.04 Å². The third kappa shape index (κ3) is 3.97. The number of carbonyl (C=O) groups is 2. The van der Waals surface area contributed by atoms with Gasteiger partial charge in [-0.05, 0) is 20.8 Å². The topological polar surface area (TPSA) is 114 Å². The Hall–Kier alpha value is -2.06. The molecule has 0 aromatic rings. The minimum absolute atomic E-state index is 0.0592. The maximum atomic E-state index is 11.5. The molecule has 2 atom stereocenters. The first-order chi connectivity index (χ1) is 9.12. The predicted octanol–water partition coefficient (Wildman–Crippen LogP) is 0.890. The van der Waals surface area contributed by atoms with Crippen molar-refractivity contribution < 1.29 is 29.2 Å². The lowest BCUT2D eigenvalue weighted by molar-refractivity contribution is -0.730. The Kier molecular flexibility index (Phi) is 4.74. The van der Waals surface area contributed by atoms with Gasteiger partial charge in [0.25, 0.3) is 6.29 Å². The largest absolute Gasteiger partial charge is 0.569 e. The summed E-state index contributed by atoms with van der Waals surface area (Å²) in [5, 5.41) is 24.4. The van der Waals surface area contributed by atoms with Crippen molar-refractivity contribution in [3.63, 3.8) is 0 Å². The molecule has 9 nitrogen and oxygen atoms in total. The molecule has 0 aromatic carbocycles. The number of nitrogens with zero attached hydrogens (tertiary/aromatic N) is 3. The Bertz CT molecular complexity index is 417. The van der Waals surface area contributed by atoms with Crippen LogP contribution in [0.3, 0.4) is 0 Å². The monoisotopic (exact) mass is 289 g/mol. The van der Waals surface area contributed by atoms with Crippen LogP contribution in [0.15, 0.2) is 5.28 Å². The van der Waals surface area contributed by atoms with Crippen LogP contribution in [0, 0.1) is 10.6 Å². The molecule has 0 aliphatic carbocycles. The fraction of sp³-hybridized carbons (Fsp3) is 0.818. The van der Waals surface area contributed by atoms with Crippen molar-refractivity contribution in [3.8, 4) is 0 Å². The third-order valence-corrected chi connectivity index (χ3v) is 2.65. The molecule has 20 heavy (non-hydrogen) atoms. The lowest BCUT2D eigenvalue weighted by Gasteiger charge is -2.32. The minimum Gasteiger partial charge on any atom is -0.569 e. The molecule has 1 unspecified atom stereocenters. The highest BCUT2D eigenvalue weighted by Crippen LogP contribution is 2.18. The highest BCUT2D eigenvalue weighted by molar-refractivity contribution is 5.75. The number of ether oxygens (including phenoxy) is 1. The zero-order chi connectivity index (χ0) is 15.5. The van der Waals surface area contributed by atoms with Gasteiger partial charge in [0.1, 0.15) is 0 Å². The number of esters is 1. The Morgan fingerprint density at radius 2 is 2.10 bits per heavy atom. The fourth-order valence-corrected chi connectivity index (χ4v) is 1.33. The van der Waals surface area contributed by atoms with E-state index in [0.29, 0.717) is 6.42 Å². The van der Waals surface area contributed by atoms with Crippen molar-refractivity contribution in [2.24, 2.45) is 10.7 Å². The van der Waals surface area contributed by atoms with Gasteiger partial charge in [0, 0.05) is 13.3 Å². The normalized spacial score (nSPS) is 20.9. The molecule has 114 valence electrons. The van der Waals surface area contributed by atoms with E-state index in [1.54, 1.807) is 20.8 Å². The van der Waals surface area contributed by atoms with Crippen molar-refractivity contribution in [3.05, 3.63) is 5.21 Å². The molecule has 9 heteroatoms. The summed E-state index contributed by atoms with van der Waals surface area (Å²) in [6, 6.07) is -0.896. The van der Waals surface area contributed by atoms with Crippen molar-refractivity contribution in [1.29, 1.82) is 0 Å². The molecule has 0 aromatic heterocycles. The number of hydrogen-bond acceptors (Lipinski definition) is 6. The van der Waals surface area contributed by atoms with Crippen molar-refractivity contribution in [1.82, 2.24) is 5.01 Å². The van der Waals surface area contributed by atoms with E-state index >= 15 is 0 Å². The van der Waals surface area contributed by atoms with E-state index in [1.165, 1.54) is 6.92 Å². The summed E-state index contributed by atoms with van der Waals surface area (Å²) in [6.07, 6.45) is -0.666. The molecule has 0 saturated carbocycles. The summed E-state index contributed by atoms with van der Waals surface area (Å²) >= 11 is 0. The van der Waals surface area contributed by atoms with Crippen LogP contribution in [0.4, 0.5) is 0 Å². The van der Waals surface area contributed by atoms with Gasteiger partial charge in [-0.15, -0.1) is 5.01 Å². The molecular formula is C11H19N3O6. The van der Waals surface area contributed by atoms with Crippen LogP contribution >= 0.6 is 0 Å². The average Bonchev–Trinajstić information content (AvgIpc) is 2.22. The van der Waals surface area contributed by atoms with Gasteiger partial charge in [-0.1, -0.05) is 0 Å². The second-order valence-corrected chi connectivity index (χ2v) is 5.47. The van der Waals surface area contributed by atoms with Crippen LogP contribution in [0.2, 0.25) is 0 Å². The van der Waals surface area contributed by atoms with E-state index in [1.807, 2.05) is 0 Å². The Morgan fingerprint density at radius 3 is 2.50 bits per heavy atom. The molecule has 1 rings (SSSR count). The van der Waals surface area contributed by atoms with Crippen LogP contribution in [-0.4, -0.2) is 45.9 Å². The molecule has 1 aliphatic heterocycles. The Labute approximate surface area is 116 Å². The van der Waals surface area contributed by atoms with E-state index in [4.69, 9.17) is 14.7 Å². The summed E-state index contributed by atoms with van der Waals surface area (Å²) in [5.41, 5.74) is -0.694. The summed E-state index contributed by atoms with van der Waals surface area (Å²) in [4.78, 5) is 27.0. The summed E-state index contributed by atoms with van der Waals surface area (Å²) in [6.45, 7) is 6.72. The standard InChI is InChI=1S/C11H19N3O6/c1-7(19-10(17)11(2,3)4)20-12-14(18)13-6-5-8(13)9(15)16/h7-8H,5-6H2,1-4H3,(H,15,16)/t7?,8-/m0/s1. The zero-order valence-electron chi connectivity index (χ0n) is 11.9. The molecule has 0 bridgehead atoms. The number of carbonyl (C=O) groups excluding carboxylic acids is 1. The second-order valence-electron chi connectivity index (χ2n) is 5.47.